The van der Waals surface area contributed by atoms with Crippen molar-refractivity contribution in [2.45, 2.75) is 31.7 Å². The van der Waals surface area contributed by atoms with Crippen LogP contribution in [0.1, 0.15) is 47.7 Å². The number of fused-ring (bicyclic) bond motifs is 2. The average molecular weight is 496 g/mol. The van der Waals surface area contributed by atoms with Crippen molar-refractivity contribution >= 4 is 51.4 Å². The number of nitrogens with one attached hydrogen (secondary N) is 1. The molecule has 1 N–H and O–H groups in total. The first-order valence-corrected chi connectivity index (χ1v) is 12.0. The predicted octanol–water partition coefficient (Wildman–Crippen LogP) is 7.77. The third kappa shape index (κ3) is 4.33. The van der Waals surface area contributed by atoms with Gasteiger partial charge in [0.2, 0.25) is 0 Å². The lowest BCUT2D eigenvalue weighted by molar-refractivity contribution is 0.673. The zero-order valence-electron chi connectivity index (χ0n) is 17.9. The Morgan fingerprint density at radius 1 is 0.939 bits per heavy atom. The highest BCUT2D eigenvalue weighted by molar-refractivity contribution is 6.35. The normalized spacial score (nSPS) is 17.8. The van der Waals surface area contributed by atoms with Crippen LogP contribution in [-0.4, -0.2) is 10.7 Å². The van der Waals surface area contributed by atoms with Gasteiger partial charge in [0.25, 0.3) is 0 Å². The molecular formula is C27H21Cl3N2O. The topological polar surface area (TPSA) is 45.2 Å². The van der Waals surface area contributed by atoms with Crippen LogP contribution in [0, 0.1) is 0 Å². The molecule has 1 aliphatic rings. The molecule has 1 aliphatic carbocycles. The fourth-order valence-corrected chi connectivity index (χ4v) is 5.37. The Morgan fingerprint density at radius 3 is 2.42 bits per heavy atom. The van der Waals surface area contributed by atoms with Crippen LogP contribution in [0.5, 0.6) is 0 Å². The van der Waals surface area contributed by atoms with Crippen molar-refractivity contribution in [2.75, 3.05) is 0 Å². The minimum atomic E-state index is -0.0945. The van der Waals surface area contributed by atoms with E-state index in [-0.39, 0.29) is 17.4 Å². The van der Waals surface area contributed by atoms with Crippen molar-refractivity contribution in [2.24, 2.45) is 4.99 Å². The van der Waals surface area contributed by atoms with Gasteiger partial charge < -0.3 is 4.98 Å². The van der Waals surface area contributed by atoms with Crippen LogP contribution >= 0.6 is 34.8 Å². The second-order valence-corrected chi connectivity index (χ2v) is 9.71. The zero-order valence-corrected chi connectivity index (χ0v) is 20.2. The van der Waals surface area contributed by atoms with E-state index >= 15 is 0 Å². The molecule has 0 fully saturated rings. The Bertz CT molecular complexity index is 1440. The van der Waals surface area contributed by atoms with Crippen LogP contribution in [0.2, 0.25) is 15.1 Å². The molecular weight excluding hydrogens is 475 g/mol. The van der Waals surface area contributed by atoms with Crippen molar-refractivity contribution < 1.29 is 0 Å². The van der Waals surface area contributed by atoms with Crippen LogP contribution in [0.3, 0.4) is 0 Å². The summed E-state index contributed by atoms with van der Waals surface area (Å²) in [5, 5.41) is 2.33. The molecule has 3 nitrogen and oxygen atoms in total. The van der Waals surface area contributed by atoms with E-state index in [0.29, 0.717) is 38.9 Å². The quantitative estimate of drug-likeness (QED) is 0.310. The monoisotopic (exact) mass is 494 g/mol. The second kappa shape index (κ2) is 8.98. The highest BCUT2D eigenvalue weighted by Gasteiger charge is 2.30. The van der Waals surface area contributed by atoms with Crippen LogP contribution in [0.25, 0.3) is 10.9 Å². The number of H-pyrrole nitrogens is 1. The van der Waals surface area contributed by atoms with E-state index in [1.54, 1.807) is 18.2 Å². The molecule has 0 radical (unpaired) electrons. The summed E-state index contributed by atoms with van der Waals surface area (Å²) in [7, 11) is 0. The Kier molecular flexibility index (Phi) is 6.05. The molecule has 3 aromatic carbocycles. The van der Waals surface area contributed by atoms with Crippen LogP contribution in [-0.2, 0) is 6.42 Å². The maximum atomic E-state index is 13.6. The molecule has 166 valence electrons. The number of nitrogens with zero attached hydrogens (tertiary/aromatic N) is 1. The number of halogens is 3. The van der Waals surface area contributed by atoms with E-state index in [1.807, 2.05) is 43.3 Å². The highest BCUT2D eigenvalue weighted by atomic mass is 35.5. The molecule has 4 aromatic rings. The molecule has 0 bridgehead atoms. The van der Waals surface area contributed by atoms with Crippen molar-refractivity contribution in [3.05, 3.63) is 114 Å². The molecule has 2 unspecified atom stereocenters. The summed E-state index contributed by atoms with van der Waals surface area (Å²) in [6.45, 7) is 2.05. The van der Waals surface area contributed by atoms with Gasteiger partial charge in [-0.3, -0.25) is 9.79 Å². The van der Waals surface area contributed by atoms with E-state index < -0.39 is 0 Å². The number of pyridine rings is 1. The van der Waals surface area contributed by atoms with E-state index in [1.165, 1.54) is 0 Å². The fourth-order valence-electron chi connectivity index (χ4n) is 4.63. The van der Waals surface area contributed by atoms with Gasteiger partial charge in [0.05, 0.1) is 11.6 Å². The molecule has 6 heteroatoms. The number of aromatic nitrogens is 1. The highest BCUT2D eigenvalue weighted by Crippen LogP contribution is 2.37. The summed E-state index contributed by atoms with van der Waals surface area (Å²) >= 11 is 18.9. The molecule has 33 heavy (non-hydrogen) atoms. The smallest absolute Gasteiger partial charge is 0.198 e. The summed E-state index contributed by atoms with van der Waals surface area (Å²) in [5.74, 6) is 0.0735. The first-order chi connectivity index (χ1) is 15.9. The SMILES string of the molecule is CC(N=C1CC(c2ccc(Cl)cc2Cl)Cc2[nH]c3ccc(Cl)cc3c(=O)c21)c1ccccc1. The Morgan fingerprint density at radius 2 is 1.67 bits per heavy atom. The Labute approximate surface area is 207 Å². The molecule has 2 atom stereocenters. The van der Waals surface area contributed by atoms with E-state index in [0.717, 1.165) is 28.0 Å². The van der Waals surface area contributed by atoms with Gasteiger partial charge in [0.1, 0.15) is 0 Å². The largest absolute Gasteiger partial charge is 0.358 e. The molecule has 0 saturated carbocycles. The van der Waals surface area contributed by atoms with E-state index in [4.69, 9.17) is 39.8 Å². The number of rotatable bonds is 3. The molecule has 0 spiro atoms. The van der Waals surface area contributed by atoms with Gasteiger partial charge in [-0.1, -0.05) is 71.2 Å². The standard InChI is InChI=1S/C27H21Cl3N2O/c1-15(16-5-3-2-4-6-16)31-24-11-17(20-9-7-19(29)14-22(20)30)12-25-26(24)27(33)21-13-18(28)8-10-23(21)32-25/h2-10,13-15,17H,11-12H2,1H3,(H,32,33). The molecule has 0 amide bonds. The van der Waals surface area contributed by atoms with Gasteiger partial charge in [-0.05, 0) is 67.1 Å². The minimum absolute atomic E-state index is 0.0408. The van der Waals surface area contributed by atoms with Gasteiger partial charge in [-0.25, -0.2) is 0 Å². The van der Waals surface area contributed by atoms with Crippen LogP contribution < -0.4 is 5.43 Å². The molecule has 1 aromatic heterocycles. The first-order valence-electron chi connectivity index (χ1n) is 10.8. The number of benzene rings is 3. The molecule has 1 heterocycles. The summed E-state index contributed by atoms with van der Waals surface area (Å²) in [5.41, 5.74) is 5.13. The molecule has 0 aliphatic heterocycles. The number of hydrogen-bond acceptors (Lipinski definition) is 2. The average Bonchev–Trinajstić information content (AvgIpc) is 2.80. The molecule has 0 saturated heterocycles. The summed E-state index contributed by atoms with van der Waals surface area (Å²) < 4.78 is 0. The van der Waals surface area contributed by atoms with Gasteiger partial charge in [-0.2, -0.15) is 0 Å². The number of aliphatic imine (C=N–C) groups is 1. The maximum absolute atomic E-state index is 13.6. The van der Waals surface area contributed by atoms with Crippen LogP contribution in [0.4, 0.5) is 0 Å². The summed E-state index contributed by atoms with van der Waals surface area (Å²) in [4.78, 5) is 22.1. The summed E-state index contributed by atoms with van der Waals surface area (Å²) in [6, 6.07) is 20.9. The predicted molar refractivity (Wildman–Crippen MR) is 138 cm³/mol. The van der Waals surface area contributed by atoms with Gasteiger partial charge in [-0.15, -0.1) is 0 Å². The zero-order chi connectivity index (χ0) is 23.1. The van der Waals surface area contributed by atoms with Crippen molar-refractivity contribution in [3.63, 3.8) is 0 Å². The second-order valence-electron chi connectivity index (χ2n) is 8.43. The van der Waals surface area contributed by atoms with Crippen molar-refractivity contribution in [1.82, 2.24) is 4.98 Å². The maximum Gasteiger partial charge on any atom is 0.198 e. The Hall–Kier alpha value is -2.59. The van der Waals surface area contributed by atoms with Crippen molar-refractivity contribution in [1.29, 1.82) is 0 Å². The summed E-state index contributed by atoms with van der Waals surface area (Å²) in [6.07, 6.45) is 1.27. The lowest BCUT2D eigenvalue weighted by atomic mass is 9.80. The fraction of sp³-hybridized carbons (Fsp3) is 0.185. The first kappa shape index (κ1) is 22.2. The lowest BCUT2D eigenvalue weighted by Gasteiger charge is -2.28. The van der Waals surface area contributed by atoms with Crippen LogP contribution in [0.15, 0.2) is 76.5 Å². The molecule has 5 rings (SSSR count). The lowest BCUT2D eigenvalue weighted by Crippen LogP contribution is -2.28. The van der Waals surface area contributed by atoms with E-state index in [9.17, 15) is 4.79 Å². The van der Waals surface area contributed by atoms with Gasteiger partial charge in [0, 0.05) is 37.4 Å². The number of aromatic amines is 1. The third-order valence-corrected chi connectivity index (χ3v) is 7.05. The third-order valence-electron chi connectivity index (χ3n) is 6.25. The Balaban J connectivity index is 1.69. The van der Waals surface area contributed by atoms with Gasteiger partial charge >= 0.3 is 0 Å². The van der Waals surface area contributed by atoms with Crippen molar-refractivity contribution in [3.8, 4) is 0 Å². The van der Waals surface area contributed by atoms with E-state index in [2.05, 4.69) is 17.1 Å². The van der Waals surface area contributed by atoms with Gasteiger partial charge in [0.15, 0.2) is 5.43 Å². The number of hydrogen-bond donors (Lipinski definition) is 1. The minimum Gasteiger partial charge on any atom is -0.358 e.